The van der Waals surface area contributed by atoms with Crippen molar-refractivity contribution in [2.45, 2.75) is 13.5 Å². The van der Waals surface area contributed by atoms with E-state index in [1.807, 2.05) is 13.0 Å². The number of halogens is 2. The zero-order valence-corrected chi connectivity index (χ0v) is 10.2. The molecule has 0 aliphatic rings. The molecule has 5 heteroatoms. The molecule has 0 unspecified atom stereocenters. The molecule has 0 aliphatic heterocycles. The highest BCUT2D eigenvalue weighted by molar-refractivity contribution is 7.06. The zero-order valence-electron chi connectivity index (χ0n) is 9.34. The molecule has 1 N–H and O–H groups in total. The van der Waals surface area contributed by atoms with Crippen LogP contribution in [-0.4, -0.2) is 10.9 Å². The van der Waals surface area contributed by atoms with Crippen LogP contribution in [0.15, 0.2) is 24.3 Å². The van der Waals surface area contributed by atoms with E-state index in [2.05, 4.69) is 9.69 Å². The molecule has 0 saturated carbocycles. The van der Waals surface area contributed by atoms with Gasteiger partial charge in [0.2, 0.25) is 0 Å². The fraction of sp³-hybridized carbons (Fsp3) is 0.250. The van der Waals surface area contributed by atoms with Crippen LogP contribution in [0.3, 0.4) is 0 Å². The summed E-state index contributed by atoms with van der Waals surface area (Å²) < 4.78 is 30.4. The average Bonchev–Trinajstić information content (AvgIpc) is 2.75. The number of hydrogen-bond acceptors (Lipinski definition) is 3. The molecule has 1 aromatic heterocycles. The Hall–Kier alpha value is -1.33. The minimum absolute atomic E-state index is 0.338. The molecule has 0 atom stereocenters. The molecule has 2 nitrogen and oxygen atoms in total. The van der Waals surface area contributed by atoms with Crippen molar-refractivity contribution in [3.63, 3.8) is 0 Å². The summed E-state index contributed by atoms with van der Waals surface area (Å²) in [5.41, 5.74) is 0.894. The number of hydrogen-bond donors (Lipinski definition) is 1. The summed E-state index contributed by atoms with van der Waals surface area (Å²) in [6.45, 7) is 3.61. The SMILES string of the molecule is CCNCc1cc(-c2ccc(F)cc2F)ns1. The third kappa shape index (κ3) is 2.87. The Labute approximate surface area is 102 Å². The van der Waals surface area contributed by atoms with Crippen LogP contribution in [0.1, 0.15) is 11.8 Å². The van der Waals surface area contributed by atoms with Gasteiger partial charge in [-0.2, -0.15) is 4.37 Å². The first-order valence-corrected chi connectivity index (χ1v) is 6.09. The van der Waals surface area contributed by atoms with Crippen LogP contribution in [0.5, 0.6) is 0 Å². The van der Waals surface area contributed by atoms with Crippen molar-refractivity contribution in [1.29, 1.82) is 0 Å². The Balaban J connectivity index is 2.24. The third-order valence-corrected chi connectivity index (χ3v) is 3.10. The van der Waals surface area contributed by atoms with Gasteiger partial charge in [0.1, 0.15) is 11.6 Å². The second-order valence-electron chi connectivity index (χ2n) is 3.58. The molecule has 0 bridgehead atoms. The van der Waals surface area contributed by atoms with E-state index in [1.54, 1.807) is 0 Å². The molecule has 17 heavy (non-hydrogen) atoms. The first kappa shape index (κ1) is 12.1. The molecule has 0 radical (unpaired) electrons. The molecule has 0 fully saturated rings. The summed E-state index contributed by atoms with van der Waals surface area (Å²) in [5.74, 6) is -1.15. The number of nitrogens with one attached hydrogen (secondary N) is 1. The highest BCUT2D eigenvalue weighted by Crippen LogP contribution is 2.25. The lowest BCUT2D eigenvalue weighted by molar-refractivity contribution is 0.585. The molecule has 2 aromatic rings. The number of aromatic nitrogens is 1. The van der Waals surface area contributed by atoms with Crippen LogP contribution in [-0.2, 0) is 6.54 Å². The Morgan fingerprint density at radius 3 is 2.82 bits per heavy atom. The molecule has 0 saturated heterocycles. The van der Waals surface area contributed by atoms with Gasteiger partial charge in [-0.15, -0.1) is 0 Å². The second-order valence-corrected chi connectivity index (χ2v) is 4.47. The lowest BCUT2D eigenvalue weighted by Gasteiger charge is -1.98. The fourth-order valence-electron chi connectivity index (χ4n) is 1.47. The summed E-state index contributed by atoms with van der Waals surface area (Å²) in [4.78, 5) is 1.03. The Morgan fingerprint density at radius 2 is 2.12 bits per heavy atom. The van der Waals surface area contributed by atoms with Gasteiger partial charge in [-0.1, -0.05) is 6.92 Å². The average molecular weight is 254 g/mol. The quantitative estimate of drug-likeness (QED) is 0.906. The molecule has 0 aliphatic carbocycles. The summed E-state index contributed by atoms with van der Waals surface area (Å²) >= 11 is 1.32. The van der Waals surface area contributed by atoms with Gasteiger partial charge >= 0.3 is 0 Å². The van der Waals surface area contributed by atoms with Gasteiger partial charge in [-0.3, -0.25) is 0 Å². The van der Waals surface area contributed by atoms with Crippen molar-refractivity contribution in [1.82, 2.24) is 9.69 Å². The number of benzene rings is 1. The van der Waals surface area contributed by atoms with Crippen molar-refractivity contribution in [3.8, 4) is 11.3 Å². The largest absolute Gasteiger partial charge is 0.312 e. The van der Waals surface area contributed by atoms with E-state index in [9.17, 15) is 8.78 Å². The van der Waals surface area contributed by atoms with E-state index in [0.717, 1.165) is 24.0 Å². The maximum atomic E-state index is 13.5. The van der Waals surface area contributed by atoms with Gasteiger partial charge in [-0.25, -0.2) is 8.78 Å². The van der Waals surface area contributed by atoms with Crippen LogP contribution in [0.4, 0.5) is 8.78 Å². The number of nitrogens with zero attached hydrogens (tertiary/aromatic N) is 1. The Kier molecular flexibility index (Phi) is 3.81. The van der Waals surface area contributed by atoms with E-state index in [1.165, 1.54) is 23.7 Å². The van der Waals surface area contributed by atoms with Gasteiger partial charge in [0.15, 0.2) is 0 Å². The van der Waals surface area contributed by atoms with Gasteiger partial charge in [0.25, 0.3) is 0 Å². The van der Waals surface area contributed by atoms with Crippen molar-refractivity contribution < 1.29 is 8.78 Å². The van der Waals surface area contributed by atoms with Crippen LogP contribution in [0.2, 0.25) is 0 Å². The molecule has 1 heterocycles. The number of rotatable bonds is 4. The first-order valence-electron chi connectivity index (χ1n) is 5.32. The lowest BCUT2D eigenvalue weighted by Crippen LogP contribution is -2.10. The zero-order chi connectivity index (χ0) is 12.3. The summed E-state index contributed by atoms with van der Waals surface area (Å²) in [6.07, 6.45) is 0. The van der Waals surface area contributed by atoms with Crippen molar-refractivity contribution >= 4 is 11.5 Å². The molecular formula is C12H12F2N2S. The predicted octanol–water partition coefficient (Wildman–Crippen LogP) is 3.20. The van der Waals surface area contributed by atoms with E-state index < -0.39 is 11.6 Å². The predicted molar refractivity (Wildman–Crippen MR) is 64.8 cm³/mol. The third-order valence-electron chi connectivity index (χ3n) is 2.32. The minimum atomic E-state index is -0.578. The topological polar surface area (TPSA) is 24.9 Å². The van der Waals surface area contributed by atoms with Crippen LogP contribution >= 0.6 is 11.5 Å². The Bertz CT molecular complexity index is 511. The smallest absolute Gasteiger partial charge is 0.135 e. The summed E-state index contributed by atoms with van der Waals surface area (Å²) in [7, 11) is 0. The molecule has 90 valence electrons. The van der Waals surface area contributed by atoms with Gasteiger partial charge in [0.05, 0.1) is 5.69 Å². The molecule has 1 aromatic carbocycles. The second kappa shape index (κ2) is 5.33. The Morgan fingerprint density at radius 1 is 1.29 bits per heavy atom. The molecule has 0 amide bonds. The highest BCUT2D eigenvalue weighted by Gasteiger charge is 2.10. The van der Waals surface area contributed by atoms with E-state index in [0.29, 0.717) is 11.3 Å². The monoisotopic (exact) mass is 254 g/mol. The summed E-state index contributed by atoms with van der Waals surface area (Å²) in [6, 6.07) is 5.35. The van der Waals surface area contributed by atoms with E-state index in [4.69, 9.17) is 0 Å². The standard InChI is InChI=1S/C12H12F2N2S/c1-2-15-7-9-6-12(16-17-9)10-4-3-8(13)5-11(10)14/h3-6,15H,2,7H2,1H3. The maximum absolute atomic E-state index is 13.5. The normalized spacial score (nSPS) is 10.8. The van der Waals surface area contributed by atoms with Gasteiger partial charge in [0, 0.05) is 23.1 Å². The molecular weight excluding hydrogens is 242 g/mol. The lowest BCUT2D eigenvalue weighted by atomic mass is 10.1. The van der Waals surface area contributed by atoms with Crippen molar-refractivity contribution in [3.05, 3.63) is 40.8 Å². The van der Waals surface area contributed by atoms with Crippen LogP contribution in [0, 0.1) is 11.6 Å². The van der Waals surface area contributed by atoms with Crippen molar-refractivity contribution in [2.75, 3.05) is 6.54 Å². The van der Waals surface area contributed by atoms with Crippen molar-refractivity contribution in [2.24, 2.45) is 0 Å². The molecule has 2 rings (SSSR count). The van der Waals surface area contributed by atoms with Gasteiger partial charge < -0.3 is 5.32 Å². The fourth-order valence-corrected chi connectivity index (χ4v) is 2.17. The maximum Gasteiger partial charge on any atom is 0.135 e. The van der Waals surface area contributed by atoms with Crippen LogP contribution < -0.4 is 5.32 Å². The van der Waals surface area contributed by atoms with Crippen LogP contribution in [0.25, 0.3) is 11.3 Å². The highest BCUT2D eigenvalue weighted by atomic mass is 32.1. The summed E-state index contributed by atoms with van der Waals surface area (Å²) in [5, 5.41) is 3.17. The van der Waals surface area contributed by atoms with E-state index in [-0.39, 0.29) is 0 Å². The first-order chi connectivity index (χ1) is 8.20. The van der Waals surface area contributed by atoms with Gasteiger partial charge in [-0.05, 0) is 36.3 Å². The van der Waals surface area contributed by atoms with E-state index >= 15 is 0 Å². The molecule has 0 spiro atoms. The minimum Gasteiger partial charge on any atom is -0.312 e.